The Bertz CT molecular complexity index is 736. The summed E-state index contributed by atoms with van der Waals surface area (Å²) in [5.74, 6) is 0.765. The molecule has 0 aliphatic heterocycles. The van der Waals surface area contributed by atoms with Crippen LogP contribution < -0.4 is 10.6 Å². The van der Waals surface area contributed by atoms with Crippen molar-refractivity contribution in [3.63, 3.8) is 0 Å². The van der Waals surface area contributed by atoms with Crippen LogP contribution in [0, 0.1) is 25.2 Å². The Kier molecular flexibility index (Phi) is 6.39. The van der Waals surface area contributed by atoms with Crippen LogP contribution in [0.2, 0.25) is 0 Å². The minimum Gasteiger partial charge on any atom is -0.356 e. The Balaban J connectivity index is 1.83. The summed E-state index contributed by atoms with van der Waals surface area (Å²) in [6.45, 7) is 5.71. The summed E-state index contributed by atoms with van der Waals surface area (Å²) in [4.78, 5) is 4.24. The third kappa shape index (κ3) is 5.44. The second-order valence-electron chi connectivity index (χ2n) is 5.91. The number of aliphatic imine (C=N–C) groups is 1. The summed E-state index contributed by atoms with van der Waals surface area (Å²) in [7, 11) is 1.76. The van der Waals surface area contributed by atoms with Gasteiger partial charge >= 0.3 is 0 Å². The van der Waals surface area contributed by atoms with Gasteiger partial charge in [-0.1, -0.05) is 41.5 Å². The highest BCUT2D eigenvalue weighted by Crippen LogP contribution is 2.09. The van der Waals surface area contributed by atoms with Crippen LogP contribution in [0.1, 0.15) is 27.8 Å². The summed E-state index contributed by atoms with van der Waals surface area (Å²) in [6.07, 6.45) is 0.952. The molecular weight excluding hydrogens is 296 g/mol. The molecule has 2 rings (SSSR count). The van der Waals surface area contributed by atoms with E-state index in [1.54, 1.807) is 13.1 Å². The number of guanidine groups is 1. The summed E-state index contributed by atoms with van der Waals surface area (Å²) in [5.41, 5.74) is 5.66. The van der Waals surface area contributed by atoms with Crippen LogP contribution in [0.3, 0.4) is 0 Å². The third-order valence-corrected chi connectivity index (χ3v) is 3.73. The molecular formula is C20H24N4. The van der Waals surface area contributed by atoms with E-state index in [2.05, 4.69) is 53.7 Å². The van der Waals surface area contributed by atoms with Crippen molar-refractivity contribution < 1.29 is 0 Å². The van der Waals surface area contributed by atoms with E-state index in [0.717, 1.165) is 24.5 Å². The van der Waals surface area contributed by atoms with Crippen LogP contribution in [0.5, 0.6) is 0 Å². The van der Waals surface area contributed by atoms with Gasteiger partial charge in [-0.25, -0.2) is 0 Å². The molecule has 0 atom stereocenters. The average Bonchev–Trinajstić information content (AvgIpc) is 2.57. The fourth-order valence-corrected chi connectivity index (χ4v) is 2.70. The molecule has 0 unspecified atom stereocenters. The lowest BCUT2D eigenvalue weighted by atomic mass is 10.1. The Labute approximate surface area is 144 Å². The molecule has 0 spiro atoms. The molecule has 0 aliphatic rings. The van der Waals surface area contributed by atoms with Crippen LogP contribution in [0.15, 0.2) is 47.5 Å². The predicted octanol–water partition coefficient (Wildman–Crippen LogP) is 3.08. The fraction of sp³-hybridized carbons (Fsp3) is 0.300. The Morgan fingerprint density at radius 2 is 1.79 bits per heavy atom. The first kappa shape index (κ1) is 17.6. The smallest absolute Gasteiger partial charge is 0.191 e. The number of hydrogen-bond acceptors (Lipinski definition) is 2. The standard InChI is InChI=1S/C20H24N4/c1-15-9-16(2)11-17(10-15)7-8-23-20(22-3)24-14-19-6-4-5-18(12-19)13-21/h4-6,9-12H,7-8,14H2,1-3H3,(H2,22,23,24). The Morgan fingerprint density at radius 3 is 2.46 bits per heavy atom. The molecule has 2 aromatic rings. The number of rotatable bonds is 5. The lowest BCUT2D eigenvalue weighted by Crippen LogP contribution is -2.37. The van der Waals surface area contributed by atoms with Gasteiger partial charge < -0.3 is 10.6 Å². The van der Waals surface area contributed by atoms with E-state index in [1.807, 2.05) is 18.2 Å². The van der Waals surface area contributed by atoms with Gasteiger partial charge in [0.1, 0.15) is 0 Å². The SMILES string of the molecule is CN=C(NCCc1cc(C)cc(C)c1)NCc1cccc(C#N)c1. The summed E-state index contributed by atoms with van der Waals surface area (Å²) < 4.78 is 0. The maximum atomic E-state index is 8.94. The molecule has 0 heterocycles. The largest absolute Gasteiger partial charge is 0.356 e. The van der Waals surface area contributed by atoms with Crippen molar-refractivity contribution in [1.29, 1.82) is 5.26 Å². The summed E-state index contributed by atoms with van der Waals surface area (Å²) in [6, 6.07) is 16.4. The second kappa shape index (κ2) is 8.73. The van der Waals surface area contributed by atoms with E-state index in [9.17, 15) is 0 Å². The Morgan fingerprint density at radius 1 is 1.04 bits per heavy atom. The van der Waals surface area contributed by atoms with Gasteiger partial charge in [0.2, 0.25) is 0 Å². The molecule has 0 aliphatic carbocycles. The van der Waals surface area contributed by atoms with E-state index in [-0.39, 0.29) is 0 Å². The molecule has 124 valence electrons. The highest BCUT2D eigenvalue weighted by molar-refractivity contribution is 5.79. The van der Waals surface area contributed by atoms with Crippen LogP contribution >= 0.6 is 0 Å². The molecule has 2 N–H and O–H groups in total. The van der Waals surface area contributed by atoms with Crippen LogP contribution in [-0.4, -0.2) is 19.6 Å². The van der Waals surface area contributed by atoms with Crippen LogP contribution in [0.25, 0.3) is 0 Å². The molecule has 2 aromatic carbocycles. The molecule has 4 nitrogen and oxygen atoms in total. The lowest BCUT2D eigenvalue weighted by molar-refractivity contribution is 0.794. The third-order valence-electron chi connectivity index (χ3n) is 3.73. The van der Waals surface area contributed by atoms with Crippen molar-refractivity contribution in [2.45, 2.75) is 26.8 Å². The van der Waals surface area contributed by atoms with Gasteiger partial charge in [-0.3, -0.25) is 4.99 Å². The molecule has 0 bridgehead atoms. The maximum absolute atomic E-state index is 8.94. The zero-order chi connectivity index (χ0) is 17.4. The van der Waals surface area contributed by atoms with Gasteiger partial charge in [0.15, 0.2) is 5.96 Å². The number of nitrogens with zero attached hydrogens (tertiary/aromatic N) is 2. The van der Waals surface area contributed by atoms with E-state index in [1.165, 1.54) is 16.7 Å². The van der Waals surface area contributed by atoms with E-state index in [0.29, 0.717) is 12.1 Å². The molecule has 0 radical (unpaired) electrons. The van der Waals surface area contributed by atoms with Gasteiger partial charge in [-0.15, -0.1) is 0 Å². The second-order valence-corrected chi connectivity index (χ2v) is 5.91. The van der Waals surface area contributed by atoms with E-state index in [4.69, 9.17) is 5.26 Å². The summed E-state index contributed by atoms with van der Waals surface area (Å²) >= 11 is 0. The molecule has 0 saturated heterocycles. The predicted molar refractivity (Wildman–Crippen MR) is 99.0 cm³/mol. The number of aryl methyl sites for hydroxylation is 2. The van der Waals surface area contributed by atoms with Gasteiger partial charge in [0.25, 0.3) is 0 Å². The van der Waals surface area contributed by atoms with Crippen molar-refractivity contribution in [3.05, 3.63) is 70.3 Å². The first-order valence-corrected chi connectivity index (χ1v) is 8.11. The number of hydrogen-bond donors (Lipinski definition) is 2. The van der Waals surface area contributed by atoms with Gasteiger partial charge in [0.05, 0.1) is 11.6 Å². The van der Waals surface area contributed by atoms with E-state index < -0.39 is 0 Å². The topological polar surface area (TPSA) is 60.2 Å². The van der Waals surface area contributed by atoms with Crippen molar-refractivity contribution in [2.75, 3.05) is 13.6 Å². The van der Waals surface area contributed by atoms with E-state index >= 15 is 0 Å². The molecule has 0 saturated carbocycles. The molecule has 24 heavy (non-hydrogen) atoms. The van der Waals surface area contributed by atoms with Crippen molar-refractivity contribution in [1.82, 2.24) is 10.6 Å². The first-order chi connectivity index (χ1) is 11.6. The minimum atomic E-state index is 0.638. The highest BCUT2D eigenvalue weighted by atomic mass is 15.2. The van der Waals surface area contributed by atoms with Crippen LogP contribution in [-0.2, 0) is 13.0 Å². The molecule has 0 aromatic heterocycles. The van der Waals surface area contributed by atoms with Crippen molar-refractivity contribution >= 4 is 5.96 Å². The first-order valence-electron chi connectivity index (χ1n) is 8.11. The number of benzene rings is 2. The lowest BCUT2D eigenvalue weighted by Gasteiger charge is -2.12. The number of nitriles is 1. The highest BCUT2D eigenvalue weighted by Gasteiger charge is 2.01. The zero-order valence-corrected chi connectivity index (χ0v) is 14.6. The minimum absolute atomic E-state index is 0.638. The monoisotopic (exact) mass is 320 g/mol. The van der Waals surface area contributed by atoms with Crippen molar-refractivity contribution in [2.24, 2.45) is 4.99 Å². The molecule has 4 heteroatoms. The Hall–Kier alpha value is -2.80. The van der Waals surface area contributed by atoms with Gasteiger partial charge in [-0.05, 0) is 43.5 Å². The quantitative estimate of drug-likeness (QED) is 0.657. The molecule has 0 amide bonds. The zero-order valence-electron chi connectivity index (χ0n) is 14.6. The molecule has 0 fully saturated rings. The van der Waals surface area contributed by atoms with Crippen LogP contribution in [0.4, 0.5) is 0 Å². The van der Waals surface area contributed by atoms with Crippen molar-refractivity contribution in [3.8, 4) is 6.07 Å². The average molecular weight is 320 g/mol. The van der Waals surface area contributed by atoms with Gasteiger partial charge in [-0.2, -0.15) is 5.26 Å². The fourth-order valence-electron chi connectivity index (χ4n) is 2.70. The van der Waals surface area contributed by atoms with Gasteiger partial charge in [0, 0.05) is 20.1 Å². The number of nitrogens with one attached hydrogen (secondary N) is 2. The maximum Gasteiger partial charge on any atom is 0.191 e. The summed E-state index contributed by atoms with van der Waals surface area (Å²) in [5, 5.41) is 15.5. The normalized spacial score (nSPS) is 11.0.